The number of rotatable bonds is 9. The SMILES string of the molecule is CCCCCCC/C=C(/Cc1ccco1)c1ccccc1. The third kappa shape index (κ3) is 5.63. The highest BCUT2D eigenvalue weighted by Gasteiger charge is 2.04. The van der Waals surface area contributed by atoms with Gasteiger partial charge in [-0.05, 0) is 36.1 Å². The molecule has 0 aliphatic heterocycles. The molecule has 0 fully saturated rings. The molecule has 21 heavy (non-hydrogen) atoms. The number of unbranched alkanes of at least 4 members (excludes halogenated alkanes) is 5. The van der Waals surface area contributed by atoms with Gasteiger partial charge in [-0.15, -0.1) is 0 Å². The van der Waals surface area contributed by atoms with Crippen LogP contribution in [0.4, 0.5) is 0 Å². The Labute approximate surface area is 128 Å². The van der Waals surface area contributed by atoms with E-state index >= 15 is 0 Å². The molecule has 1 heterocycles. The van der Waals surface area contributed by atoms with Crippen LogP contribution in [0.2, 0.25) is 0 Å². The average molecular weight is 282 g/mol. The second-order valence-electron chi connectivity index (χ2n) is 5.55. The maximum absolute atomic E-state index is 5.50. The first kappa shape index (κ1) is 15.6. The third-order valence-corrected chi connectivity index (χ3v) is 3.79. The smallest absolute Gasteiger partial charge is 0.108 e. The minimum Gasteiger partial charge on any atom is -0.469 e. The zero-order valence-corrected chi connectivity index (χ0v) is 13.1. The van der Waals surface area contributed by atoms with Gasteiger partial charge in [0.15, 0.2) is 0 Å². The molecule has 1 aromatic carbocycles. The number of hydrogen-bond acceptors (Lipinski definition) is 1. The Kier molecular flexibility index (Phi) is 6.87. The highest BCUT2D eigenvalue weighted by atomic mass is 16.3. The Morgan fingerprint density at radius 2 is 1.76 bits per heavy atom. The number of benzene rings is 1. The van der Waals surface area contributed by atoms with E-state index in [4.69, 9.17) is 4.42 Å². The van der Waals surface area contributed by atoms with E-state index in [9.17, 15) is 0 Å². The van der Waals surface area contributed by atoms with Crippen molar-refractivity contribution < 1.29 is 4.42 Å². The van der Waals surface area contributed by atoms with Crippen LogP contribution in [-0.4, -0.2) is 0 Å². The van der Waals surface area contributed by atoms with Gasteiger partial charge in [-0.2, -0.15) is 0 Å². The van der Waals surface area contributed by atoms with Crippen LogP contribution in [0.15, 0.2) is 59.2 Å². The van der Waals surface area contributed by atoms with Crippen LogP contribution in [0.25, 0.3) is 5.57 Å². The molecular formula is C20H26O. The number of allylic oxidation sites excluding steroid dienone is 2. The molecule has 0 radical (unpaired) electrons. The largest absolute Gasteiger partial charge is 0.469 e. The summed E-state index contributed by atoms with van der Waals surface area (Å²) in [5, 5.41) is 0. The van der Waals surface area contributed by atoms with Crippen molar-refractivity contribution in [1.29, 1.82) is 0 Å². The lowest BCUT2D eigenvalue weighted by Gasteiger charge is -2.07. The molecule has 2 aromatic rings. The molecule has 0 aliphatic carbocycles. The molecule has 0 unspecified atom stereocenters. The Morgan fingerprint density at radius 3 is 2.48 bits per heavy atom. The molecule has 112 valence electrons. The van der Waals surface area contributed by atoms with Crippen LogP contribution in [-0.2, 0) is 6.42 Å². The average Bonchev–Trinajstić information content (AvgIpc) is 3.03. The van der Waals surface area contributed by atoms with Gasteiger partial charge in [-0.25, -0.2) is 0 Å². The minimum atomic E-state index is 0.881. The van der Waals surface area contributed by atoms with Gasteiger partial charge >= 0.3 is 0 Å². The van der Waals surface area contributed by atoms with Crippen molar-refractivity contribution in [3.8, 4) is 0 Å². The summed E-state index contributed by atoms with van der Waals surface area (Å²) in [6, 6.07) is 14.7. The lowest BCUT2D eigenvalue weighted by atomic mass is 9.99. The van der Waals surface area contributed by atoms with Crippen molar-refractivity contribution in [3.63, 3.8) is 0 Å². The van der Waals surface area contributed by atoms with E-state index in [1.807, 2.05) is 6.07 Å². The van der Waals surface area contributed by atoms with Crippen molar-refractivity contribution >= 4 is 5.57 Å². The van der Waals surface area contributed by atoms with Crippen LogP contribution in [0, 0.1) is 0 Å². The second kappa shape index (κ2) is 9.23. The summed E-state index contributed by atoms with van der Waals surface area (Å²) < 4.78 is 5.50. The van der Waals surface area contributed by atoms with E-state index in [1.165, 1.54) is 43.2 Å². The minimum absolute atomic E-state index is 0.881. The first-order chi connectivity index (χ1) is 10.4. The molecule has 0 saturated carbocycles. The zero-order valence-electron chi connectivity index (χ0n) is 13.1. The quantitative estimate of drug-likeness (QED) is 0.494. The predicted octanol–water partition coefficient (Wildman–Crippen LogP) is 6.27. The van der Waals surface area contributed by atoms with Crippen LogP contribution >= 0.6 is 0 Å². The molecule has 1 nitrogen and oxygen atoms in total. The van der Waals surface area contributed by atoms with Gasteiger partial charge in [0.1, 0.15) is 5.76 Å². The molecule has 1 heteroatoms. The maximum Gasteiger partial charge on any atom is 0.108 e. The Morgan fingerprint density at radius 1 is 0.952 bits per heavy atom. The van der Waals surface area contributed by atoms with Crippen molar-refractivity contribution in [2.75, 3.05) is 0 Å². The molecule has 0 spiro atoms. The van der Waals surface area contributed by atoms with E-state index in [-0.39, 0.29) is 0 Å². The van der Waals surface area contributed by atoms with Crippen LogP contribution in [0.1, 0.15) is 56.8 Å². The summed E-state index contributed by atoms with van der Waals surface area (Å²) in [5.74, 6) is 1.04. The second-order valence-corrected chi connectivity index (χ2v) is 5.55. The fourth-order valence-electron chi connectivity index (χ4n) is 2.57. The predicted molar refractivity (Wildman–Crippen MR) is 90.2 cm³/mol. The first-order valence-corrected chi connectivity index (χ1v) is 8.17. The van der Waals surface area contributed by atoms with Crippen LogP contribution in [0.3, 0.4) is 0 Å². The molecule has 1 aromatic heterocycles. The Hall–Kier alpha value is -1.76. The van der Waals surface area contributed by atoms with Gasteiger partial charge in [0.25, 0.3) is 0 Å². The van der Waals surface area contributed by atoms with E-state index in [0.717, 1.165) is 18.6 Å². The van der Waals surface area contributed by atoms with Gasteiger partial charge in [-0.1, -0.05) is 69.0 Å². The Bertz CT molecular complexity index is 508. The molecule has 0 atom stereocenters. The van der Waals surface area contributed by atoms with E-state index in [1.54, 1.807) is 6.26 Å². The van der Waals surface area contributed by atoms with Crippen molar-refractivity contribution in [3.05, 3.63) is 66.1 Å². The molecule has 0 aliphatic rings. The van der Waals surface area contributed by atoms with E-state index in [0.29, 0.717) is 0 Å². The topological polar surface area (TPSA) is 13.1 Å². The van der Waals surface area contributed by atoms with Crippen molar-refractivity contribution in [2.24, 2.45) is 0 Å². The van der Waals surface area contributed by atoms with Gasteiger partial charge in [0.2, 0.25) is 0 Å². The van der Waals surface area contributed by atoms with Crippen molar-refractivity contribution in [1.82, 2.24) is 0 Å². The maximum atomic E-state index is 5.50. The lowest BCUT2D eigenvalue weighted by molar-refractivity contribution is 0.524. The molecule has 2 rings (SSSR count). The number of hydrogen-bond donors (Lipinski definition) is 0. The standard InChI is InChI=1S/C20H26O/c1-2-3-4-5-6-8-14-19(17-20-15-11-16-21-20)18-12-9-7-10-13-18/h7,9-16H,2-6,8,17H2,1H3/b19-14-. The fraction of sp³-hybridized carbons (Fsp3) is 0.400. The zero-order chi connectivity index (χ0) is 14.8. The van der Waals surface area contributed by atoms with Crippen LogP contribution in [0.5, 0.6) is 0 Å². The molecular weight excluding hydrogens is 256 g/mol. The summed E-state index contributed by atoms with van der Waals surface area (Å²) in [4.78, 5) is 0. The highest BCUT2D eigenvalue weighted by Crippen LogP contribution is 2.21. The summed E-state index contributed by atoms with van der Waals surface area (Å²) in [6.45, 7) is 2.26. The normalized spacial score (nSPS) is 11.8. The monoisotopic (exact) mass is 282 g/mol. The molecule has 0 saturated heterocycles. The van der Waals surface area contributed by atoms with E-state index < -0.39 is 0 Å². The molecule has 0 amide bonds. The lowest BCUT2D eigenvalue weighted by Crippen LogP contribution is -1.90. The van der Waals surface area contributed by atoms with Gasteiger partial charge < -0.3 is 4.42 Å². The van der Waals surface area contributed by atoms with Crippen molar-refractivity contribution in [2.45, 2.75) is 51.9 Å². The van der Waals surface area contributed by atoms with E-state index in [2.05, 4.69) is 49.4 Å². The summed E-state index contributed by atoms with van der Waals surface area (Å²) in [7, 11) is 0. The summed E-state index contributed by atoms with van der Waals surface area (Å²) in [5.41, 5.74) is 2.68. The highest BCUT2D eigenvalue weighted by molar-refractivity contribution is 5.67. The summed E-state index contributed by atoms with van der Waals surface area (Å²) in [6.07, 6.45) is 12.9. The number of furan rings is 1. The third-order valence-electron chi connectivity index (χ3n) is 3.79. The fourth-order valence-corrected chi connectivity index (χ4v) is 2.57. The van der Waals surface area contributed by atoms with Crippen LogP contribution < -0.4 is 0 Å². The molecule has 0 bridgehead atoms. The molecule has 0 N–H and O–H groups in total. The first-order valence-electron chi connectivity index (χ1n) is 8.17. The summed E-state index contributed by atoms with van der Waals surface area (Å²) >= 11 is 0. The Balaban J connectivity index is 1.95. The van der Waals surface area contributed by atoms with Gasteiger partial charge in [0, 0.05) is 6.42 Å². The van der Waals surface area contributed by atoms with Gasteiger partial charge in [-0.3, -0.25) is 0 Å². The van der Waals surface area contributed by atoms with Gasteiger partial charge in [0.05, 0.1) is 6.26 Å².